The molecule has 2 aromatic rings. The summed E-state index contributed by atoms with van der Waals surface area (Å²) in [4.78, 5) is 0. The number of nitriles is 1. The second-order valence-corrected chi connectivity index (χ2v) is 5.58. The van der Waals surface area contributed by atoms with Gasteiger partial charge in [-0.25, -0.2) is 0 Å². The maximum atomic E-state index is 9.30. The molecule has 0 fully saturated rings. The summed E-state index contributed by atoms with van der Waals surface area (Å²) in [6.45, 7) is 4.61. The maximum absolute atomic E-state index is 9.30. The van der Waals surface area contributed by atoms with Gasteiger partial charge in [-0.05, 0) is 43.2 Å². The summed E-state index contributed by atoms with van der Waals surface area (Å²) in [5, 5.41) is 9.98. The number of halogens is 1. The van der Waals surface area contributed by atoms with E-state index < -0.39 is 0 Å². The summed E-state index contributed by atoms with van der Waals surface area (Å²) in [5.74, 6) is 0.710. The highest BCUT2D eigenvalue weighted by atomic mass is 35.5. The molecule has 0 aliphatic carbocycles. The maximum Gasteiger partial charge on any atom is 0.122 e. The first-order valence-corrected chi connectivity index (χ1v) is 7.33. The standard InChI is InChI=1S/C18H18ClNO/c1-13-3-8-18(14(2)11-13)21-10-9-16(12-20)15-4-6-17(19)7-5-15/h3-8,11,16H,9-10H2,1-2H3. The molecule has 0 N–H and O–H groups in total. The quantitative estimate of drug-likeness (QED) is 0.775. The van der Waals surface area contributed by atoms with Gasteiger partial charge in [-0.2, -0.15) is 5.26 Å². The highest BCUT2D eigenvalue weighted by Crippen LogP contribution is 2.23. The smallest absolute Gasteiger partial charge is 0.122 e. The van der Waals surface area contributed by atoms with Crippen molar-refractivity contribution in [3.63, 3.8) is 0 Å². The van der Waals surface area contributed by atoms with Gasteiger partial charge in [-0.3, -0.25) is 0 Å². The molecule has 0 aromatic heterocycles. The molecule has 108 valence electrons. The van der Waals surface area contributed by atoms with E-state index in [-0.39, 0.29) is 5.92 Å². The van der Waals surface area contributed by atoms with Crippen LogP contribution in [0.1, 0.15) is 29.0 Å². The van der Waals surface area contributed by atoms with Gasteiger partial charge in [0.05, 0.1) is 18.6 Å². The third-order valence-corrected chi connectivity index (χ3v) is 3.67. The van der Waals surface area contributed by atoms with Crippen molar-refractivity contribution >= 4 is 11.6 Å². The molecule has 2 rings (SSSR count). The van der Waals surface area contributed by atoms with Crippen molar-refractivity contribution in [1.82, 2.24) is 0 Å². The number of nitrogens with zero attached hydrogens (tertiary/aromatic N) is 1. The van der Waals surface area contributed by atoms with E-state index in [1.54, 1.807) is 0 Å². The summed E-state index contributed by atoms with van der Waals surface area (Å²) in [6, 6.07) is 15.8. The van der Waals surface area contributed by atoms with Gasteiger partial charge < -0.3 is 4.74 Å². The minimum atomic E-state index is -0.173. The van der Waals surface area contributed by atoms with Gasteiger partial charge in [0.15, 0.2) is 0 Å². The SMILES string of the molecule is Cc1ccc(OCCC(C#N)c2ccc(Cl)cc2)c(C)c1. The Labute approximate surface area is 130 Å². The van der Waals surface area contributed by atoms with Gasteiger partial charge >= 0.3 is 0 Å². The Kier molecular flexibility index (Phi) is 5.25. The lowest BCUT2D eigenvalue weighted by Crippen LogP contribution is -2.05. The fourth-order valence-corrected chi connectivity index (χ4v) is 2.37. The van der Waals surface area contributed by atoms with E-state index in [9.17, 15) is 5.26 Å². The Morgan fingerprint density at radius 2 is 1.86 bits per heavy atom. The third kappa shape index (κ3) is 4.24. The van der Waals surface area contributed by atoms with Crippen LogP contribution < -0.4 is 4.74 Å². The van der Waals surface area contributed by atoms with E-state index >= 15 is 0 Å². The molecular weight excluding hydrogens is 282 g/mol. The first-order chi connectivity index (χ1) is 10.1. The van der Waals surface area contributed by atoms with Gasteiger partial charge in [0.1, 0.15) is 5.75 Å². The fraction of sp³-hybridized carbons (Fsp3) is 0.278. The summed E-state index contributed by atoms with van der Waals surface area (Å²) >= 11 is 5.87. The molecular formula is C18H18ClNO. The van der Waals surface area contributed by atoms with E-state index in [4.69, 9.17) is 16.3 Å². The van der Waals surface area contributed by atoms with Crippen LogP contribution in [0.2, 0.25) is 5.02 Å². The van der Waals surface area contributed by atoms with Gasteiger partial charge in [0.25, 0.3) is 0 Å². The molecule has 0 spiro atoms. The van der Waals surface area contributed by atoms with Crippen molar-refractivity contribution in [1.29, 1.82) is 5.26 Å². The van der Waals surface area contributed by atoms with Crippen LogP contribution in [-0.2, 0) is 0 Å². The second kappa shape index (κ2) is 7.15. The van der Waals surface area contributed by atoms with Crippen molar-refractivity contribution in [2.24, 2.45) is 0 Å². The Bertz CT molecular complexity index is 643. The largest absolute Gasteiger partial charge is 0.493 e. The predicted molar refractivity (Wildman–Crippen MR) is 85.8 cm³/mol. The van der Waals surface area contributed by atoms with Crippen LogP contribution in [-0.4, -0.2) is 6.61 Å². The van der Waals surface area contributed by atoms with E-state index in [1.165, 1.54) is 5.56 Å². The highest BCUT2D eigenvalue weighted by molar-refractivity contribution is 6.30. The van der Waals surface area contributed by atoms with Crippen molar-refractivity contribution in [2.75, 3.05) is 6.61 Å². The average Bonchev–Trinajstić information content (AvgIpc) is 2.47. The molecule has 3 heteroatoms. The topological polar surface area (TPSA) is 33.0 Å². The molecule has 0 saturated carbocycles. The monoisotopic (exact) mass is 299 g/mol. The molecule has 2 aromatic carbocycles. The minimum Gasteiger partial charge on any atom is -0.493 e. The zero-order valence-corrected chi connectivity index (χ0v) is 13.0. The van der Waals surface area contributed by atoms with Gasteiger partial charge in [-0.1, -0.05) is 41.4 Å². The molecule has 0 bridgehead atoms. The van der Waals surface area contributed by atoms with Gasteiger partial charge in [-0.15, -0.1) is 0 Å². The molecule has 1 atom stereocenters. The Hall–Kier alpha value is -1.98. The zero-order valence-electron chi connectivity index (χ0n) is 12.3. The van der Waals surface area contributed by atoms with Crippen molar-refractivity contribution < 1.29 is 4.74 Å². The van der Waals surface area contributed by atoms with Crippen LogP contribution in [0, 0.1) is 25.2 Å². The molecule has 0 aliphatic rings. The van der Waals surface area contributed by atoms with Crippen LogP contribution >= 0.6 is 11.6 Å². The summed E-state index contributed by atoms with van der Waals surface area (Å²) in [7, 11) is 0. The van der Waals surface area contributed by atoms with Crippen LogP contribution in [0.3, 0.4) is 0 Å². The lowest BCUT2D eigenvalue weighted by molar-refractivity contribution is 0.304. The zero-order chi connectivity index (χ0) is 15.2. The van der Waals surface area contributed by atoms with Crippen LogP contribution in [0.15, 0.2) is 42.5 Å². The second-order valence-electron chi connectivity index (χ2n) is 5.14. The molecule has 0 amide bonds. The van der Waals surface area contributed by atoms with Gasteiger partial charge in [0.2, 0.25) is 0 Å². The predicted octanol–water partition coefficient (Wildman–Crippen LogP) is 5.03. The first-order valence-electron chi connectivity index (χ1n) is 6.95. The molecule has 0 heterocycles. The minimum absolute atomic E-state index is 0.173. The number of aryl methyl sites for hydroxylation is 2. The van der Waals surface area contributed by atoms with Crippen LogP contribution in [0.5, 0.6) is 5.75 Å². The van der Waals surface area contributed by atoms with Crippen LogP contribution in [0.25, 0.3) is 0 Å². The average molecular weight is 300 g/mol. The summed E-state index contributed by atoms with van der Waals surface area (Å²) in [5.41, 5.74) is 3.32. The lowest BCUT2D eigenvalue weighted by atomic mass is 9.98. The molecule has 1 unspecified atom stereocenters. The van der Waals surface area contributed by atoms with Crippen molar-refractivity contribution in [3.05, 3.63) is 64.2 Å². The summed E-state index contributed by atoms with van der Waals surface area (Å²) < 4.78 is 5.79. The van der Waals surface area contributed by atoms with E-state index in [0.717, 1.165) is 16.9 Å². The number of rotatable bonds is 5. The van der Waals surface area contributed by atoms with E-state index in [0.29, 0.717) is 18.1 Å². The van der Waals surface area contributed by atoms with E-state index in [2.05, 4.69) is 19.1 Å². The van der Waals surface area contributed by atoms with E-state index in [1.807, 2.05) is 43.3 Å². The number of hydrogen-bond donors (Lipinski definition) is 0. The first kappa shape index (κ1) is 15.4. The lowest BCUT2D eigenvalue weighted by Gasteiger charge is -2.12. The molecule has 0 radical (unpaired) electrons. The van der Waals surface area contributed by atoms with Crippen LogP contribution in [0.4, 0.5) is 0 Å². The highest BCUT2D eigenvalue weighted by Gasteiger charge is 2.11. The number of benzene rings is 2. The van der Waals surface area contributed by atoms with Gasteiger partial charge in [0, 0.05) is 11.4 Å². The van der Waals surface area contributed by atoms with Crippen molar-refractivity contribution in [2.45, 2.75) is 26.2 Å². The molecule has 2 nitrogen and oxygen atoms in total. The normalized spacial score (nSPS) is 11.7. The van der Waals surface area contributed by atoms with Crippen molar-refractivity contribution in [3.8, 4) is 11.8 Å². The number of hydrogen-bond acceptors (Lipinski definition) is 2. The Morgan fingerprint density at radius 3 is 2.48 bits per heavy atom. The molecule has 21 heavy (non-hydrogen) atoms. The fourth-order valence-electron chi connectivity index (χ4n) is 2.25. The molecule has 0 saturated heterocycles. The Morgan fingerprint density at radius 1 is 1.14 bits per heavy atom. The third-order valence-electron chi connectivity index (χ3n) is 3.42. The number of ether oxygens (including phenoxy) is 1. The summed E-state index contributed by atoms with van der Waals surface area (Å²) in [6.07, 6.45) is 0.658. The molecule has 0 aliphatic heterocycles. The Balaban J connectivity index is 1.95.